The number of guanidine groups is 1. The number of para-hydroxylation sites is 1. The molecule has 5 nitrogen and oxygen atoms in total. The molecule has 2 rings (SSSR count). The van der Waals surface area contributed by atoms with Crippen LogP contribution >= 0.6 is 35.6 Å². The van der Waals surface area contributed by atoms with E-state index in [9.17, 15) is 5.11 Å². The number of hydrogen-bond donors (Lipinski definition) is 3. The van der Waals surface area contributed by atoms with Gasteiger partial charge in [0.15, 0.2) is 5.96 Å². The number of aliphatic hydroxyl groups excluding tert-OH is 1. The number of aliphatic hydroxyl groups is 1. The van der Waals surface area contributed by atoms with E-state index in [1.807, 2.05) is 56.3 Å². The molecule has 0 heterocycles. The third kappa shape index (κ3) is 7.56. The highest BCUT2D eigenvalue weighted by atomic mass is 127. The smallest absolute Gasteiger partial charge is 0.191 e. The monoisotopic (exact) mass is 503 g/mol. The summed E-state index contributed by atoms with van der Waals surface area (Å²) in [6.45, 7) is 6.08. The summed E-state index contributed by atoms with van der Waals surface area (Å²) in [6.07, 6.45) is -0.719. The third-order valence-electron chi connectivity index (χ3n) is 3.75. The standard InChI is InChI=1S/C20H26ClN3O2.HI/c1-3-22-20(23-13-15-9-5-8-12-19(15)26-4-2)24-14-18(25)16-10-6-7-11-17(16)21;/h5-12,18,25H,3-4,13-14H2,1-2H3,(H2,22,23,24);1H. The summed E-state index contributed by atoms with van der Waals surface area (Å²) in [4.78, 5) is 4.59. The van der Waals surface area contributed by atoms with Gasteiger partial charge in [-0.15, -0.1) is 24.0 Å². The summed E-state index contributed by atoms with van der Waals surface area (Å²) in [5.74, 6) is 1.47. The van der Waals surface area contributed by atoms with Crippen LogP contribution in [0.4, 0.5) is 0 Å². The van der Waals surface area contributed by atoms with E-state index < -0.39 is 6.10 Å². The number of aliphatic imine (C=N–C) groups is 1. The van der Waals surface area contributed by atoms with Gasteiger partial charge in [0, 0.05) is 29.2 Å². The number of ether oxygens (including phenoxy) is 1. The number of nitrogens with one attached hydrogen (secondary N) is 2. The Morgan fingerprint density at radius 1 is 1.11 bits per heavy atom. The third-order valence-corrected chi connectivity index (χ3v) is 4.10. The summed E-state index contributed by atoms with van der Waals surface area (Å²) in [5.41, 5.74) is 1.71. The lowest BCUT2D eigenvalue weighted by Gasteiger charge is -2.16. The first-order valence-electron chi connectivity index (χ1n) is 8.81. The molecular formula is C20H27ClIN3O2. The minimum Gasteiger partial charge on any atom is -0.494 e. The van der Waals surface area contributed by atoms with Gasteiger partial charge >= 0.3 is 0 Å². The van der Waals surface area contributed by atoms with Gasteiger partial charge in [0.05, 0.1) is 19.3 Å². The van der Waals surface area contributed by atoms with Gasteiger partial charge in [0.2, 0.25) is 0 Å². The molecule has 0 aliphatic carbocycles. The number of rotatable bonds is 8. The van der Waals surface area contributed by atoms with Gasteiger partial charge in [0.25, 0.3) is 0 Å². The molecule has 0 radical (unpaired) electrons. The average molecular weight is 504 g/mol. The number of nitrogens with zero attached hydrogens (tertiary/aromatic N) is 1. The fourth-order valence-electron chi connectivity index (χ4n) is 2.49. The molecule has 1 unspecified atom stereocenters. The fraction of sp³-hybridized carbons (Fsp3) is 0.350. The van der Waals surface area contributed by atoms with E-state index in [1.54, 1.807) is 6.07 Å². The van der Waals surface area contributed by atoms with E-state index in [1.165, 1.54) is 0 Å². The molecule has 7 heteroatoms. The predicted molar refractivity (Wildman–Crippen MR) is 122 cm³/mol. The Labute approximate surface area is 183 Å². The Hall–Kier alpha value is -1.51. The van der Waals surface area contributed by atoms with Crippen molar-refractivity contribution in [1.82, 2.24) is 10.6 Å². The van der Waals surface area contributed by atoms with Crippen molar-refractivity contribution >= 4 is 41.5 Å². The highest BCUT2D eigenvalue weighted by Crippen LogP contribution is 2.22. The van der Waals surface area contributed by atoms with Crippen LogP contribution < -0.4 is 15.4 Å². The van der Waals surface area contributed by atoms with Crippen LogP contribution in [-0.4, -0.2) is 30.8 Å². The van der Waals surface area contributed by atoms with Gasteiger partial charge in [-0.3, -0.25) is 0 Å². The molecule has 0 saturated carbocycles. The van der Waals surface area contributed by atoms with Gasteiger partial charge in [-0.1, -0.05) is 48.0 Å². The van der Waals surface area contributed by atoms with Crippen LogP contribution in [0.1, 0.15) is 31.1 Å². The van der Waals surface area contributed by atoms with Crippen molar-refractivity contribution in [2.45, 2.75) is 26.5 Å². The second-order valence-electron chi connectivity index (χ2n) is 5.65. The summed E-state index contributed by atoms with van der Waals surface area (Å²) >= 11 is 6.14. The molecule has 1 atom stereocenters. The van der Waals surface area contributed by atoms with Gasteiger partial charge in [-0.25, -0.2) is 4.99 Å². The van der Waals surface area contributed by atoms with E-state index >= 15 is 0 Å². The molecule has 0 bridgehead atoms. The van der Waals surface area contributed by atoms with E-state index in [2.05, 4.69) is 15.6 Å². The Morgan fingerprint density at radius 3 is 2.52 bits per heavy atom. The molecule has 0 aliphatic heterocycles. The van der Waals surface area contributed by atoms with Crippen molar-refractivity contribution in [3.8, 4) is 5.75 Å². The second kappa shape index (κ2) is 12.8. The molecule has 0 aliphatic rings. The molecule has 27 heavy (non-hydrogen) atoms. The van der Waals surface area contributed by atoms with Crippen LogP contribution in [0.15, 0.2) is 53.5 Å². The molecule has 148 valence electrons. The number of benzene rings is 2. The molecule has 2 aromatic rings. The predicted octanol–water partition coefficient (Wildman–Crippen LogP) is 4.15. The van der Waals surface area contributed by atoms with Crippen molar-refractivity contribution < 1.29 is 9.84 Å². The number of halogens is 2. The first kappa shape index (κ1) is 23.5. The van der Waals surface area contributed by atoms with Crippen LogP contribution in [0.2, 0.25) is 5.02 Å². The molecule has 2 aromatic carbocycles. The summed E-state index contributed by atoms with van der Waals surface area (Å²) in [5, 5.41) is 17.3. The average Bonchev–Trinajstić information content (AvgIpc) is 2.65. The Morgan fingerprint density at radius 2 is 1.81 bits per heavy atom. The Kier molecular flexibility index (Phi) is 11.2. The molecule has 3 N–H and O–H groups in total. The van der Waals surface area contributed by atoms with E-state index in [0.29, 0.717) is 36.2 Å². The normalized spacial score (nSPS) is 12.1. The molecule has 0 fully saturated rings. The topological polar surface area (TPSA) is 65.9 Å². The maximum atomic E-state index is 10.4. The second-order valence-corrected chi connectivity index (χ2v) is 6.06. The zero-order valence-corrected chi connectivity index (χ0v) is 18.7. The first-order valence-corrected chi connectivity index (χ1v) is 9.18. The largest absolute Gasteiger partial charge is 0.494 e. The van der Waals surface area contributed by atoms with Gasteiger partial charge in [-0.2, -0.15) is 0 Å². The fourth-order valence-corrected chi connectivity index (χ4v) is 2.75. The highest BCUT2D eigenvalue weighted by Gasteiger charge is 2.11. The maximum absolute atomic E-state index is 10.4. The van der Waals surface area contributed by atoms with Crippen LogP contribution in [0.3, 0.4) is 0 Å². The lowest BCUT2D eigenvalue weighted by atomic mass is 10.1. The maximum Gasteiger partial charge on any atom is 0.191 e. The summed E-state index contributed by atoms with van der Waals surface area (Å²) in [7, 11) is 0. The molecular weight excluding hydrogens is 477 g/mol. The van der Waals surface area contributed by atoms with Crippen molar-refractivity contribution in [3.63, 3.8) is 0 Å². The van der Waals surface area contributed by atoms with Gasteiger partial charge in [-0.05, 0) is 26.0 Å². The van der Waals surface area contributed by atoms with E-state index in [0.717, 1.165) is 17.9 Å². The zero-order valence-electron chi connectivity index (χ0n) is 15.6. The first-order chi connectivity index (χ1) is 12.7. The Bertz CT molecular complexity index is 728. The van der Waals surface area contributed by atoms with E-state index in [-0.39, 0.29) is 24.0 Å². The molecule has 0 saturated heterocycles. The minimum atomic E-state index is -0.719. The SMILES string of the molecule is CCNC(=NCc1ccccc1OCC)NCC(O)c1ccccc1Cl.I. The van der Waals surface area contributed by atoms with Gasteiger partial charge in [0.1, 0.15) is 5.75 Å². The van der Waals surface area contributed by atoms with Crippen molar-refractivity contribution in [2.75, 3.05) is 19.7 Å². The molecule has 0 aromatic heterocycles. The lowest BCUT2D eigenvalue weighted by molar-refractivity contribution is 0.181. The summed E-state index contributed by atoms with van der Waals surface area (Å²) < 4.78 is 5.63. The van der Waals surface area contributed by atoms with Crippen molar-refractivity contribution in [1.29, 1.82) is 0 Å². The van der Waals surface area contributed by atoms with E-state index in [4.69, 9.17) is 16.3 Å². The minimum absolute atomic E-state index is 0. The summed E-state index contributed by atoms with van der Waals surface area (Å²) in [6, 6.07) is 15.1. The number of hydrogen-bond acceptors (Lipinski definition) is 3. The molecule has 0 spiro atoms. The zero-order chi connectivity index (χ0) is 18.8. The van der Waals surface area contributed by atoms with Crippen LogP contribution in [-0.2, 0) is 6.54 Å². The molecule has 0 amide bonds. The van der Waals surface area contributed by atoms with Crippen molar-refractivity contribution in [3.05, 3.63) is 64.7 Å². The van der Waals surface area contributed by atoms with Crippen molar-refractivity contribution in [2.24, 2.45) is 4.99 Å². The van der Waals surface area contributed by atoms with Crippen LogP contribution in [0.5, 0.6) is 5.75 Å². The van der Waals surface area contributed by atoms with Crippen LogP contribution in [0, 0.1) is 0 Å². The lowest BCUT2D eigenvalue weighted by Crippen LogP contribution is -2.39. The van der Waals surface area contributed by atoms with Gasteiger partial charge < -0.3 is 20.5 Å². The quantitative estimate of drug-likeness (QED) is 0.288. The van der Waals surface area contributed by atoms with Crippen LogP contribution in [0.25, 0.3) is 0 Å². The Balaban J connectivity index is 0.00000364. The highest BCUT2D eigenvalue weighted by molar-refractivity contribution is 14.0.